The maximum Gasteiger partial charge on any atom is 0.291 e. The van der Waals surface area contributed by atoms with E-state index in [-0.39, 0.29) is 35.2 Å². The third-order valence-corrected chi connectivity index (χ3v) is 3.58. The van der Waals surface area contributed by atoms with Crippen LogP contribution in [0.3, 0.4) is 0 Å². The van der Waals surface area contributed by atoms with Gasteiger partial charge in [0, 0.05) is 6.42 Å². The van der Waals surface area contributed by atoms with E-state index in [1.165, 1.54) is 4.68 Å². The molecule has 2 aromatic rings. The Kier molecular flexibility index (Phi) is 3.22. The Morgan fingerprint density at radius 2 is 2.00 bits per heavy atom. The van der Waals surface area contributed by atoms with Crippen molar-refractivity contribution in [2.45, 2.75) is 29.5 Å². The molecule has 0 saturated carbocycles. The number of halogens is 3. The van der Waals surface area contributed by atoms with Crippen molar-refractivity contribution in [3.63, 3.8) is 0 Å². The molecule has 3 rings (SSSR count). The third kappa shape index (κ3) is 2.34. The molecule has 2 heterocycles. The lowest BCUT2D eigenvalue weighted by atomic mass is 10.0. The number of hydrogen-bond acceptors (Lipinski definition) is 3. The smallest absolute Gasteiger partial charge is 0.239 e. The van der Waals surface area contributed by atoms with Gasteiger partial charge in [-0.15, -0.1) is 5.10 Å². The zero-order valence-corrected chi connectivity index (χ0v) is 10.5. The molecule has 0 amide bonds. The summed E-state index contributed by atoms with van der Waals surface area (Å²) in [6.45, 7) is 0. The third-order valence-electron chi connectivity index (χ3n) is 3.02. The largest absolute Gasteiger partial charge is 0.291 e. The number of alkyl halides is 3. The molecule has 2 atom stereocenters. The molecule has 0 bridgehead atoms. The first kappa shape index (κ1) is 12.5. The van der Waals surface area contributed by atoms with Crippen molar-refractivity contribution in [3.05, 3.63) is 41.7 Å². The minimum atomic E-state index is -2.60. The van der Waals surface area contributed by atoms with Gasteiger partial charge in [0.1, 0.15) is 0 Å². The second-order valence-electron chi connectivity index (χ2n) is 4.21. The lowest BCUT2D eigenvalue weighted by Crippen LogP contribution is -2.07. The van der Waals surface area contributed by atoms with E-state index in [0.29, 0.717) is 0 Å². The van der Waals surface area contributed by atoms with Gasteiger partial charge in [0.2, 0.25) is 5.16 Å². The average molecular weight is 285 g/mol. The SMILES string of the molecule is FC(F)Sc1nc2n(n1)[C@H](c1ccccc1)C[C@@H]2F. The molecule has 1 aliphatic heterocycles. The van der Waals surface area contributed by atoms with Crippen LogP contribution in [0.1, 0.15) is 30.0 Å². The first-order chi connectivity index (χ1) is 9.15. The Bertz CT molecular complexity index is 573. The lowest BCUT2D eigenvalue weighted by molar-refractivity contribution is 0.251. The normalized spacial score (nSPS) is 21.9. The van der Waals surface area contributed by atoms with E-state index in [1.54, 1.807) is 0 Å². The van der Waals surface area contributed by atoms with Gasteiger partial charge in [-0.05, 0) is 17.3 Å². The Hall–Kier alpha value is -1.50. The molecular formula is C12H10F3N3S. The summed E-state index contributed by atoms with van der Waals surface area (Å²) in [4.78, 5) is 3.85. The van der Waals surface area contributed by atoms with Gasteiger partial charge in [-0.2, -0.15) is 8.78 Å². The van der Waals surface area contributed by atoms with Crippen LogP contribution in [0.4, 0.5) is 13.2 Å². The van der Waals surface area contributed by atoms with E-state index in [2.05, 4.69) is 10.1 Å². The van der Waals surface area contributed by atoms with Gasteiger partial charge in [0.25, 0.3) is 5.76 Å². The van der Waals surface area contributed by atoms with Crippen molar-refractivity contribution >= 4 is 11.8 Å². The molecule has 0 saturated heterocycles. The monoisotopic (exact) mass is 285 g/mol. The molecule has 0 fully saturated rings. The summed E-state index contributed by atoms with van der Waals surface area (Å²) < 4.78 is 39.9. The fourth-order valence-corrected chi connectivity index (χ4v) is 2.68. The molecular weight excluding hydrogens is 275 g/mol. The number of rotatable bonds is 3. The van der Waals surface area contributed by atoms with E-state index in [4.69, 9.17) is 0 Å². The molecule has 19 heavy (non-hydrogen) atoms. The summed E-state index contributed by atoms with van der Waals surface area (Å²) in [6, 6.07) is 9.04. The van der Waals surface area contributed by atoms with Gasteiger partial charge in [-0.1, -0.05) is 30.3 Å². The van der Waals surface area contributed by atoms with Crippen LogP contribution >= 0.6 is 11.8 Å². The van der Waals surface area contributed by atoms with Crippen molar-refractivity contribution in [2.75, 3.05) is 0 Å². The van der Waals surface area contributed by atoms with Crippen LogP contribution in [-0.4, -0.2) is 20.5 Å². The zero-order valence-electron chi connectivity index (χ0n) is 9.71. The molecule has 0 radical (unpaired) electrons. The summed E-state index contributed by atoms with van der Waals surface area (Å²) in [5.74, 6) is -2.46. The summed E-state index contributed by atoms with van der Waals surface area (Å²) in [5, 5.41) is 3.91. The summed E-state index contributed by atoms with van der Waals surface area (Å²) in [6.07, 6.45) is -1.01. The van der Waals surface area contributed by atoms with Gasteiger partial charge >= 0.3 is 0 Å². The second kappa shape index (κ2) is 4.88. The van der Waals surface area contributed by atoms with Gasteiger partial charge in [0.05, 0.1) is 6.04 Å². The fourth-order valence-electron chi connectivity index (χ4n) is 2.24. The number of fused-ring (bicyclic) bond motifs is 1. The van der Waals surface area contributed by atoms with Crippen molar-refractivity contribution in [2.24, 2.45) is 0 Å². The topological polar surface area (TPSA) is 30.7 Å². The molecule has 1 aliphatic rings. The minimum Gasteiger partial charge on any atom is -0.239 e. The second-order valence-corrected chi connectivity index (χ2v) is 5.16. The summed E-state index contributed by atoms with van der Waals surface area (Å²) >= 11 is 0.239. The van der Waals surface area contributed by atoms with Crippen LogP contribution in [-0.2, 0) is 0 Å². The molecule has 3 nitrogen and oxygen atoms in total. The summed E-state index contributed by atoms with van der Waals surface area (Å²) in [5.41, 5.74) is 0.905. The van der Waals surface area contributed by atoms with E-state index in [1.807, 2.05) is 30.3 Å². The Labute approximate surface area is 111 Å². The van der Waals surface area contributed by atoms with Crippen LogP contribution in [0.25, 0.3) is 0 Å². The fraction of sp³-hybridized carbons (Fsp3) is 0.333. The number of hydrogen-bond donors (Lipinski definition) is 0. The van der Waals surface area contributed by atoms with E-state index in [9.17, 15) is 13.2 Å². The lowest BCUT2D eigenvalue weighted by Gasteiger charge is -2.11. The molecule has 0 spiro atoms. The Morgan fingerprint density at radius 1 is 1.26 bits per heavy atom. The molecule has 7 heteroatoms. The number of thioether (sulfide) groups is 1. The van der Waals surface area contributed by atoms with Crippen LogP contribution in [0.5, 0.6) is 0 Å². The quantitative estimate of drug-likeness (QED) is 0.807. The predicted octanol–water partition coefficient (Wildman–Crippen LogP) is 3.60. The Morgan fingerprint density at radius 3 is 2.68 bits per heavy atom. The molecule has 0 aliphatic carbocycles. The van der Waals surface area contributed by atoms with Crippen molar-refractivity contribution in [3.8, 4) is 0 Å². The van der Waals surface area contributed by atoms with Gasteiger partial charge < -0.3 is 0 Å². The predicted molar refractivity (Wildman–Crippen MR) is 64.9 cm³/mol. The van der Waals surface area contributed by atoms with Crippen LogP contribution in [0.15, 0.2) is 35.5 Å². The minimum absolute atomic E-state index is 0.0757. The molecule has 1 aromatic carbocycles. The molecule has 0 unspecified atom stereocenters. The van der Waals surface area contributed by atoms with Crippen LogP contribution < -0.4 is 0 Å². The van der Waals surface area contributed by atoms with E-state index < -0.39 is 11.9 Å². The van der Waals surface area contributed by atoms with Gasteiger partial charge in [-0.25, -0.2) is 14.1 Å². The molecule has 100 valence electrons. The van der Waals surface area contributed by atoms with E-state index >= 15 is 0 Å². The van der Waals surface area contributed by atoms with Crippen molar-refractivity contribution in [1.82, 2.24) is 14.8 Å². The van der Waals surface area contributed by atoms with Crippen LogP contribution in [0.2, 0.25) is 0 Å². The number of aromatic nitrogens is 3. The van der Waals surface area contributed by atoms with Gasteiger partial charge in [0.15, 0.2) is 12.0 Å². The standard InChI is InChI=1S/C12H10F3N3S/c13-8-6-9(7-4-2-1-3-5-7)18-10(8)16-12(17-18)19-11(14)15/h1-5,8-9,11H,6H2/t8-,9-/m0/s1. The first-order valence-corrected chi connectivity index (χ1v) is 6.63. The summed E-state index contributed by atoms with van der Waals surface area (Å²) in [7, 11) is 0. The Balaban J connectivity index is 1.95. The maximum absolute atomic E-state index is 13.9. The highest BCUT2D eigenvalue weighted by molar-refractivity contribution is 7.99. The van der Waals surface area contributed by atoms with Gasteiger partial charge in [-0.3, -0.25) is 0 Å². The average Bonchev–Trinajstić information content (AvgIpc) is 2.90. The highest BCUT2D eigenvalue weighted by atomic mass is 32.2. The highest BCUT2D eigenvalue weighted by Gasteiger charge is 2.35. The van der Waals surface area contributed by atoms with Crippen LogP contribution in [0, 0.1) is 0 Å². The van der Waals surface area contributed by atoms with Crippen molar-refractivity contribution in [1.29, 1.82) is 0 Å². The maximum atomic E-state index is 13.9. The highest BCUT2D eigenvalue weighted by Crippen LogP contribution is 2.40. The molecule has 0 N–H and O–H groups in total. The number of benzene rings is 1. The zero-order chi connectivity index (χ0) is 13.4. The first-order valence-electron chi connectivity index (χ1n) is 5.75. The van der Waals surface area contributed by atoms with Crippen molar-refractivity contribution < 1.29 is 13.2 Å². The number of nitrogens with zero attached hydrogens (tertiary/aromatic N) is 3. The van der Waals surface area contributed by atoms with E-state index in [0.717, 1.165) is 5.56 Å². The molecule has 1 aromatic heterocycles.